The number of ether oxygens (including phenoxy) is 1. The van der Waals surface area contributed by atoms with Gasteiger partial charge in [-0.2, -0.15) is 0 Å². The fourth-order valence-corrected chi connectivity index (χ4v) is 3.96. The second-order valence-corrected chi connectivity index (χ2v) is 7.84. The number of fused-ring (bicyclic) bond motifs is 1. The van der Waals surface area contributed by atoms with E-state index in [0.717, 1.165) is 21.5 Å². The first-order valence-corrected chi connectivity index (χ1v) is 11.1. The lowest BCUT2D eigenvalue weighted by Crippen LogP contribution is -2.15. The van der Waals surface area contributed by atoms with Gasteiger partial charge in [0.15, 0.2) is 5.82 Å². The largest absolute Gasteiger partial charge is 0.462 e. The molecule has 32 heavy (non-hydrogen) atoms. The molecule has 7 heteroatoms. The van der Waals surface area contributed by atoms with Gasteiger partial charge in [-0.3, -0.25) is 4.79 Å². The van der Waals surface area contributed by atoms with E-state index < -0.39 is 5.97 Å². The maximum Gasteiger partial charge on any atom is 0.338 e. The van der Waals surface area contributed by atoms with E-state index in [2.05, 4.69) is 10.3 Å². The summed E-state index contributed by atoms with van der Waals surface area (Å²) in [5.41, 5.74) is 2.68. The molecule has 160 valence electrons. The zero-order chi connectivity index (χ0) is 22.3. The van der Waals surface area contributed by atoms with Crippen molar-refractivity contribution >= 4 is 40.2 Å². The van der Waals surface area contributed by atoms with Gasteiger partial charge in [0.1, 0.15) is 5.03 Å². The summed E-state index contributed by atoms with van der Waals surface area (Å²) in [6, 6.07) is 24.2. The first-order valence-electron chi connectivity index (χ1n) is 10.2. The Balaban J connectivity index is 1.51. The van der Waals surface area contributed by atoms with Crippen molar-refractivity contribution in [1.82, 2.24) is 9.97 Å². The van der Waals surface area contributed by atoms with Crippen LogP contribution in [0.5, 0.6) is 0 Å². The lowest BCUT2D eigenvalue weighted by molar-refractivity contribution is -0.113. The smallest absolute Gasteiger partial charge is 0.338 e. The number of benzene rings is 3. The van der Waals surface area contributed by atoms with E-state index in [0.29, 0.717) is 23.7 Å². The van der Waals surface area contributed by atoms with Gasteiger partial charge in [-0.15, -0.1) is 0 Å². The van der Waals surface area contributed by atoms with Crippen LogP contribution in [0.25, 0.3) is 22.3 Å². The van der Waals surface area contributed by atoms with Crippen LogP contribution >= 0.6 is 11.8 Å². The summed E-state index contributed by atoms with van der Waals surface area (Å²) >= 11 is 1.35. The molecule has 1 aromatic heterocycles. The number of amides is 1. The van der Waals surface area contributed by atoms with Crippen molar-refractivity contribution in [2.24, 2.45) is 0 Å². The highest BCUT2D eigenvalue weighted by atomic mass is 32.2. The van der Waals surface area contributed by atoms with Gasteiger partial charge in [0, 0.05) is 16.6 Å². The number of para-hydroxylation sites is 1. The quantitative estimate of drug-likeness (QED) is 0.240. The van der Waals surface area contributed by atoms with E-state index in [1.807, 2.05) is 54.6 Å². The number of aromatic nitrogens is 2. The molecule has 0 unspecified atom stereocenters. The van der Waals surface area contributed by atoms with Crippen LogP contribution in [-0.4, -0.2) is 34.2 Å². The summed E-state index contributed by atoms with van der Waals surface area (Å²) in [6.45, 7) is 2.05. The number of rotatable bonds is 7. The predicted octanol–water partition coefficient (Wildman–Crippen LogP) is 5.20. The Morgan fingerprint density at radius 2 is 1.72 bits per heavy atom. The summed E-state index contributed by atoms with van der Waals surface area (Å²) in [5, 5.41) is 4.47. The summed E-state index contributed by atoms with van der Waals surface area (Å²) in [6.07, 6.45) is 0. The summed E-state index contributed by atoms with van der Waals surface area (Å²) in [5.74, 6) is 0.173. The predicted molar refractivity (Wildman–Crippen MR) is 127 cm³/mol. The Morgan fingerprint density at radius 1 is 0.938 bits per heavy atom. The van der Waals surface area contributed by atoms with Crippen LogP contribution in [0, 0.1) is 0 Å². The molecule has 0 aliphatic carbocycles. The number of thioether (sulfide) groups is 1. The topological polar surface area (TPSA) is 81.2 Å². The molecule has 0 saturated heterocycles. The fourth-order valence-electron chi connectivity index (χ4n) is 3.14. The van der Waals surface area contributed by atoms with E-state index in [9.17, 15) is 9.59 Å². The van der Waals surface area contributed by atoms with Crippen LogP contribution < -0.4 is 5.32 Å². The highest BCUT2D eigenvalue weighted by molar-refractivity contribution is 8.00. The van der Waals surface area contributed by atoms with Crippen molar-refractivity contribution in [3.63, 3.8) is 0 Å². The lowest BCUT2D eigenvalue weighted by Gasteiger charge is -2.10. The number of nitrogens with one attached hydrogen (secondary N) is 1. The molecule has 3 aromatic carbocycles. The molecule has 1 N–H and O–H groups in total. The highest BCUT2D eigenvalue weighted by Gasteiger charge is 2.13. The number of anilines is 1. The molecule has 6 nitrogen and oxygen atoms in total. The van der Waals surface area contributed by atoms with Crippen molar-refractivity contribution in [3.05, 3.63) is 84.4 Å². The molecular weight excluding hydrogens is 422 g/mol. The summed E-state index contributed by atoms with van der Waals surface area (Å²) < 4.78 is 5.01. The zero-order valence-corrected chi connectivity index (χ0v) is 18.3. The van der Waals surface area contributed by atoms with Gasteiger partial charge in [-0.1, -0.05) is 66.4 Å². The minimum absolute atomic E-state index is 0.166. The van der Waals surface area contributed by atoms with Gasteiger partial charge in [0.25, 0.3) is 0 Å². The monoisotopic (exact) mass is 443 g/mol. The van der Waals surface area contributed by atoms with Crippen LogP contribution in [0.1, 0.15) is 17.3 Å². The maximum atomic E-state index is 12.6. The zero-order valence-electron chi connectivity index (χ0n) is 17.4. The van der Waals surface area contributed by atoms with Gasteiger partial charge in [-0.05, 0) is 31.2 Å². The van der Waals surface area contributed by atoms with Gasteiger partial charge in [-0.25, -0.2) is 14.8 Å². The molecule has 0 bridgehead atoms. The number of esters is 1. The van der Waals surface area contributed by atoms with Crippen LogP contribution in [-0.2, 0) is 9.53 Å². The number of carbonyl (C=O) groups excluding carboxylic acids is 2. The average Bonchev–Trinajstić information content (AvgIpc) is 2.83. The van der Waals surface area contributed by atoms with Crippen molar-refractivity contribution in [3.8, 4) is 11.4 Å². The Labute approximate surface area is 190 Å². The van der Waals surface area contributed by atoms with Crippen LogP contribution in [0.4, 0.5) is 5.69 Å². The third-order valence-electron chi connectivity index (χ3n) is 4.60. The Bertz CT molecular complexity index is 1260. The van der Waals surface area contributed by atoms with Gasteiger partial charge in [0.2, 0.25) is 5.91 Å². The third kappa shape index (κ3) is 5.12. The molecule has 1 amide bonds. The maximum absolute atomic E-state index is 12.6. The Morgan fingerprint density at radius 3 is 2.53 bits per heavy atom. The van der Waals surface area contributed by atoms with E-state index in [-0.39, 0.29) is 11.7 Å². The molecule has 0 aliphatic heterocycles. The van der Waals surface area contributed by atoms with Crippen molar-refractivity contribution in [2.75, 3.05) is 17.7 Å². The van der Waals surface area contributed by atoms with E-state index in [1.54, 1.807) is 31.2 Å². The molecule has 4 aromatic rings. The molecule has 0 atom stereocenters. The molecule has 4 rings (SSSR count). The van der Waals surface area contributed by atoms with E-state index in [4.69, 9.17) is 9.72 Å². The molecule has 0 radical (unpaired) electrons. The molecule has 1 heterocycles. The summed E-state index contributed by atoms with van der Waals surface area (Å²) in [4.78, 5) is 33.9. The normalized spacial score (nSPS) is 10.7. The lowest BCUT2D eigenvalue weighted by atomic mass is 10.2. The van der Waals surface area contributed by atoms with Gasteiger partial charge in [0.05, 0.1) is 23.4 Å². The second-order valence-electron chi connectivity index (χ2n) is 6.87. The van der Waals surface area contributed by atoms with Crippen LogP contribution in [0.2, 0.25) is 0 Å². The second kappa shape index (κ2) is 10.1. The summed E-state index contributed by atoms with van der Waals surface area (Å²) in [7, 11) is 0. The first-order chi connectivity index (χ1) is 15.6. The molecular formula is C25H21N3O3S. The SMILES string of the molecule is CCOC(=O)c1cccc(NC(=O)CSc2nc(-c3ccccc3)nc3ccccc23)c1. The van der Waals surface area contributed by atoms with Crippen LogP contribution in [0.15, 0.2) is 83.9 Å². The first kappa shape index (κ1) is 21.5. The van der Waals surface area contributed by atoms with Crippen molar-refractivity contribution in [2.45, 2.75) is 11.9 Å². The molecule has 0 fully saturated rings. The molecule has 0 aliphatic rings. The van der Waals surface area contributed by atoms with Gasteiger partial charge < -0.3 is 10.1 Å². The standard InChI is InChI=1S/C25H21N3O3S/c1-2-31-25(30)18-11-8-12-19(15-18)26-22(29)16-32-24-20-13-6-7-14-21(20)27-23(28-24)17-9-4-3-5-10-17/h3-15H,2,16H2,1H3,(H,26,29). The third-order valence-corrected chi connectivity index (χ3v) is 5.59. The number of hydrogen-bond acceptors (Lipinski definition) is 6. The number of carbonyl (C=O) groups is 2. The average molecular weight is 444 g/mol. The van der Waals surface area contributed by atoms with Crippen LogP contribution in [0.3, 0.4) is 0 Å². The minimum Gasteiger partial charge on any atom is -0.462 e. The van der Waals surface area contributed by atoms with Crippen molar-refractivity contribution < 1.29 is 14.3 Å². The fraction of sp³-hybridized carbons (Fsp3) is 0.120. The highest BCUT2D eigenvalue weighted by Crippen LogP contribution is 2.28. The van der Waals surface area contributed by atoms with Gasteiger partial charge >= 0.3 is 5.97 Å². The Hall–Kier alpha value is -3.71. The van der Waals surface area contributed by atoms with E-state index >= 15 is 0 Å². The number of hydrogen-bond donors (Lipinski definition) is 1. The van der Waals surface area contributed by atoms with E-state index in [1.165, 1.54) is 11.8 Å². The molecule has 0 saturated carbocycles. The molecule has 0 spiro atoms. The minimum atomic E-state index is -0.418. The Kier molecular flexibility index (Phi) is 6.77. The van der Waals surface area contributed by atoms with Crippen molar-refractivity contribution in [1.29, 1.82) is 0 Å². The number of nitrogens with zero attached hydrogens (tertiary/aromatic N) is 2.